The van der Waals surface area contributed by atoms with Crippen molar-refractivity contribution in [3.8, 4) is 34.5 Å². The first-order valence-electron chi connectivity index (χ1n) is 14.3. The Morgan fingerprint density at radius 2 is 1.88 bits per heavy atom. The Hall–Kier alpha value is -3.31. The lowest BCUT2D eigenvalue weighted by atomic mass is 9.95. The summed E-state index contributed by atoms with van der Waals surface area (Å²) in [4.78, 5) is 25.7. The Bertz CT molecular complexity index is 1310. The molecule has 11 heteroatoms. The number of methoxy groups -OCH3 is 1. The van der Waals surface area contributed by atoms with Crippen molar-refractivity contribution in [2.24, 2.45) is 5.41 Å². The smallest absolute Gasteiger partial charge is 0.317 e. The van der Waals surface area contributed by atoms with Crippen LogP contribution < -0.4 is 9.47 Å². The molecular weight excluding hydrogens is 538 g/mol. The van der Waals surface area contributed by atoms with Crippen LogP contribution in [0.5, 0.6) is 11.9 Å². The summed E-state index contributed by atoms with van der Waals surface area (Å²) in [6, 6.07) is 7.31. The monoisotopic (exact) mass is 581 g/mol. The highest BCUT2D eigenvalue weighted by molar-refractivity contribution is 6.76. The fourth-order valence-corrected chi connectivity index (χ4v) is 5.24. The number of carbonyl (C=O) groups excluding carboxylic acids is 1. The molecule has 0 radical (unpaired) electrons. The van der Waals surface area contributed by atoms with E-state index >= 15 is 0 Å². The van der Waals surface area contributed by atoms with Crippen LogP contribution in [0.3, 0.4) is 0 Å². The first-order valence-corrected chi connectivity index (χ1v) is 18.0. The average molecular weight is 582 g/mol. The fraction of sp³-hybridized carbons (Fsp3) is 0.567. The molecule has 0 unspecified atom stereocenters. The number of hydrogen-bond acceptors (Lipinski definition) is 9. The zero-order chi connectivity index (χ0) is 29.6. The Kier molecular flexibility index (Phi) is 9.80. The molecule has 41 heavy (non-hydrogen) atoms. The quantitative estimate of drug-likeness (QED) is 0.138. The van der Waals surface area contributed by atoms with Crippen molar-refractivity contribution >= 4 is 14.0 Å². The summed E-state index contributed by atoms with van der Waals surface area (Å²) in [5.41, 5.74) is 2.71. The van der Waals surface area contributed by atoms with Gasteiger partial charge in [-0.3, -0.25) is 9.78 Å². The lowest BCUT2D eigenvalue weighted by Gasteiger charge is -2.21. The summed E-state index contributed by atoms with van der Waals surface area (Å²) >= 11 is 0. The maximum absolute atomic E-state index is 11.9. The highest BCUT2D eigenvalue weighted by Gasteiger charge is 2.30. The minimum Gasteiger partial charge on any atom is -0.476 e. The van der Waals surface area contributed by atoms with Crippen LogP contribution in [0.4, 0.5) is 0 Å². The predicted octanol–water partition coefficient (Wildman–Crippen LogP) is 5.92. The van der Waals surface area contributed by atoms with Gasteiger partial charge in [-0.2, -0.15) is 9.67 Å². The van der Waals surface area contributed by atoms with E-state index in [1.807, 2.05) is 25.1 Å². The number of aromatic nitrogens is 5. The molecule has 0 aliphatic heterocycles. The zero-order valence-electron chi connectivity index (χ0n) is 25.4. The SMILES string of the molecule is COC(=O)C(C)(C)COc1cc(C)c(-c2ccc(-c3nc(OC4CCCC4)n(COCC[Si](C)(C)C)n3)nc2)cn1. The van der Waals surface area contributed by atoms with Crippen LogP contribution in [0.2, 0.25) is 25.7 Å². The van der Waals surface area contributed by atoms with E-state index in [4.69, 9.17) is 23.9 Å². The maximum atomic E-state index is 11.9. The topological polar surface area (TPSA) is 110 Å². The van der Waals surface area contributed by atoms with Gasteiger partial charge in [0.05, 0.1) is 12.5 Å². The second-order valence-electron chi connectivity index (χ2n) is 12.5. The highest BCUT2D eigenvalue weighted by Crippen LogP contribution is 2.29. The number of rotatable bonds is 13. The van der Waals surface area contributed by atoms with E-state index < -0.39 is 13.5 Å². The van der Waals surface area contributed by atoms with E-state index in [0.29, 0.717) is 36.7 Å². The van der Waals surface area contributed by atoms with E-state index in [9.17, 15) is 4.79 Å². The van der Waals surface area contributed by atoms with Crippen LogP contribution in [-0.2, 0) is 21.0 Å². The standard InChI is InChI=1S/C30H43N5O5Si/c1-21-16-26(39-19-30(2,3)28(36)37-4)32-18-24(21)22-12-13-25(31-17-22)27-33-29(40-23-10-8-9-11-23)35(34-27)20-38-14-15-41(5,6)7/h12-13,16-18,23H,8-11,14-15,19-20H2,1-7H3. The lowest BCUT2D eigenvalue weighted by molar-refractivity contribution is -0.152. The Labute approximate surface area is 243 Å². The zero-order valence-corrected chi connectivity index (χ0v) is 26.4. The molecule has 1 aliphatic rings. The normalized spacial score (nSPS) is 14.3. The van der Waals surface area contributed by atoms with Gasteiger partial charge in [-0.05, 0) is 64.1 Å². The number of pyridine rings is 2. The minimum atomic E-state index is -1.18. The summed E-state index contributed by atoms with van der Waals surface area (Å²) in [5.74, 6) is 0.623. The number of aryl methyl sites for hydroxylation is 1. The Balaban J connectivity index is 1.46. The summed E-state index contributed by atoms with van der Waals surface area (Å²) in [6.07, 6.45) is 8.13. The summed E-state index contributed by atoms with van der Waals surface area (Å²) < 4.78 is 24.5. The molecule has 1 saturated carbocycles. The van der Waals surface area contributed by atoms with Gasteiger partial charge in [0.25, 0.3) is 0 Å². The second kappa shape index (κ2) is 13.1. The van der Waals surface area contributed by atoms with E-state index in [0.717, 1.165) is 35.6 Å². The van der Waals surface area contributed by atoms with Crippen LogP contribution >= 0.6 is 0 Å². The Morgan fingerprint density at radius 3 is 2.51 bits per heavy atom. The third kappa shape index (κ3) is 8.35. The van der Waals surface area contributed by atoms with Crippen molar-refractivity contribution in [2.45, 2.75) is 85.0 Å². The molecule has 1 aliphatic carbocycles. The maximum Gasteiger partial charge on any atom is 0.317 e. The molecule has 3 heterocycles. The first kappa shape index (κ1) is 30.6. The minimum absolute atomic E-state index is 0.164. The van der Waals surface area contributed by atoms with Gasteiger partial charge in [-0.25, -0.2) is 4.98 Å². The second-order valence-corrected chi connectivity index (χ2v) is 18.1. The van der Waals surface area contributed by atoms with Crippen molar-refractivity contribution in [3.05, 3.63) is 36.2 Å². The van der Waals surface area contributed by atoms with Gasteiger partial charge in [-0.15, -0.1) is 5.10 Å². The van der Waals surface area contributed by atoms with Gasteiger partial charge in [0, 0.05) is 44.3 Å². The Morgan fingerprint density at radius 1 is 1.12 bits per heavy atom. The average Bonchev–Trinajstić information content (AvgIpc) is 3.59. The third-order valence-corrected chi connectivity index (χ3v) is 8.83. The molecule has 10 nitrogen and oxygen atoms in total. The molecule has 0 N–H and O–H groups in total. The van der Waals surface area contributed by atoms with Gasteiger partial charge in [0.2, 0.25) is 11.7 Å². The number of ether oxygens (including phenoxy) is 4. The number of nitrogens with zero attached hydrogens (tertiary/aromatic N) is 5. The van der Waals surface area contributed by atoms with Gasteiger partial charge >= 0.3 is 12.0 Å². The van der Waals surface area contributed by atoms with Crippen LogP contribution in [0.15, 0.2) is 30.6 Å². The molecule has 0 atom stereocenters. The lowest BCUT2D eigenvalue weighted by Crippen LogP contribution is -2.32. The van der Waals surface area contributed by atoms with E-state index in [-0.39, 0.29) is 18.7 Å². The van der Waals surface area contributed by atoms with Crippen molar-refractivity contribution in [3.63, 3.8) is 0 Å². The molecule has 0 saturated heterocycles. The molecule has 3 aromatic rings. The highest BCUT2D eigenvalue weighted by atomic mass is 28.3. The number of hydrogen-bond donors (Lipinski definition) is 0. The molecular formula is C30H43N5O5Si. The van der Waals surface area contributed by atoms with Crippen LogP contribution in [0.1, 0.15) is 45.1 Å². The van der Waals surface area contributed by atoms with E-state index in [1.165, 1.54) is 20.0 Å². The molecule has 222 valence electrons. The van der Waals surface area contributed by atoms with E-state index in [2.05, 4.69) is 34.7 Å². The molecule has 0 spiro atoms. The van der Waals surface area contributed by atoms with Gasteiger partial charge in [0.15, 0.2) is 0 Å². The fourth-order valence-electron chi connectivity index (χ4n) is 4.48. The molecule has 4 rings (SSSR count). The third-order valence-electron chi connectivity index (χ3n) is 7.13. The molecule has 3 aromatic heterocycles. The number of esters is 1. The first-order chi connectivity index (χ1) is 19.4. The van der Waals surface area contributed by atoms with Gasteiger partial charge < -0.3 is 18.9 Å². The van der Waals surface area contributed by atoms with Gasteiger partial charge in [-0.1, -0.05) is 25.7 Å². The molecule has 1 fully saturated rings. The summed E-state index contributed by atoms with van der Waals surface area (Å²) in [5, 5.41) is 4.69. The molecule has 0 aromatic carbocycles. The molecule has 0 bridgehead atoms. The van der Waals surface area contributed by atoms with E-state index in [1.54, 1.807) is 30.9 Å². The van der Waals surface area contributed by atoms with Crippen LogP contribution in [-0.4, -0.2) is 65.2 Å². The van der Waals surface area contributed by atoms with Crippen molar-refractivity contribution in [1.29, 1.82) is 0 Å². The largest absolute Gasteiger partial charge is 0.476 e. The van der Waals surface area contributed by atoms with Crippen molar-refractivity contribution < 1.29 is 23.7 Å². The van der Waals surface area contributed by atoms with Gasteiger partial charge in [0.1, 0.15) is 25.1 Å². The molecule has 0 amide bonds. The number of carbonyl (C=O) groups is 1. The predicted molar refractivity (Wildman–Crippen MR) is 160 cm³/mol. The summed E-state index contributed by atoms with van der Waals surface area (Å²) in [6.45, 7) is 13.7. The van der Waals surface area contributed by atoms with Crippen LogP contribution in [0, 0.1) is 12.3 Å². The van der Waals surface area contributed by atoms with Crippen LogP contribution in [0.25, 0.3) is 22.6 Å². The van der Waals surface area contributed by atoms with Crippen molar-refractivity contribution in [2.75, 3.05) is 20.3 Å². The summed E-state index contributed by atoms with van der Waals surface area (Å²) in [7, 11) is 0.187. The van der Waals surface area contributed by atoms with Crippen molar-refractivity contribution in [1.82, 2.24) is 24.7 Å².